The van der Waals surface area contributed by atoms with Crippen LogP contribution in [0.5, 0.6) is 0 Å². The highest BCUT2D eigenvalue weighted by molar-refractivity contribution is 5.91. The lowest BCUT2D eigenvalue weighted by molar-refractivity contribution is -0.253. The lowest BCUT2D eigenvalue weighted by Crippen LogP contribution is -2.03. The molecule has 2 rings (SSSR count). The van der Waals surface area contributed by atoms with E-state index in [2.05, 4.69) is 11.0 Å². The highest BCUT2D eigenvalue weighted by Crippen LogP contribution is 2.27. The van der Waals surface area contributed by atoms with Crippen LogP contribution in [-0.4, -0.2) is 18.3 Å². The standard InChI is InChI=1S/C17H18O4/c1-11-4-5-12(2)16(6-11)14-7-13(10-21-19)8-15(9-14)17(18)20-3/h4-9,19H,10H2,1-3H3. The number of carbonyl (C=O) groups is 1. The molecule has 0 bridgehead atoms. The molecular weight excluding hydrogens is 268 g/mol. The van der Waals surface area contributed by atoms with Crippen molar-refractivity contribution in [2.24, 2.45) is 0 Å². The summed E-state index contributed by atoms with van der Waals surface area (Å²) in [5.41, 5.74) is 5.32. The third kappa shape index (κ3) is 3.48. The average Bonchev–Trinajstić information content (AvgIpc) is 2.49. The normalized spacial score (nSPS) is 10.5. The van der Waals surface area contributed by atoms with Gasteiger partial charge in [0.05, 0.1) is 12.7 Å². The number of carbonyl (C=O) groups excluding carboxylic acids is 1. The van der Waals surface area contributed by atoms with E-state index in [1.165, 1.54) is 7.11 Å². The molecule has 0 aliphatic rings. The predicted octanol–water partition coefficient (Wildman–Crippen LogP) is 3.75. The van der Waals surface area contributed by atoms with Crippen molar-refractivity contribution in [3.63, 3.8) is 0 Å². The lowest BCUT2D eigenvalue weighted by atomic mass is 9.95. The monoisotopic (exact) mass is 286 g/mol. The van der Waals surface area contributed by atoms with Crippen molar-refractivity contribution < 1.29 is 19.7 Å². The van der Waals surface area contributed by atoms with Crippen LogP contribution in [0.25, 0.3) is 11.1 Å². The van der Waals surface area contributed by atoms with Crippen LogP contribution < -0.4 is 0 Å². The van der Waals surface area contributed by atoms with Crippen LogP contribution in [0, 0.1) is 13.8 Å². The Hall–Kier alpha value is -2.17. The van der Waals surface area contributed by atoms with E-state index < -0.39 is 5.97 Å². The second kappa shape index (κ2) is 6.52. The fraction of sp³-hybridized carbons (Fsp3) is 0.235. The Morgan fingerprint density at radius 3 is 2.57 bits per heavy atom. The number of hydrogen-bond acceptors (Lipinski definition) is 4. The molecule has 110 valence electrons. The van der Waals surface area contributed by atoms with Gasteiger partial charge >= 0.3 is 5.97 Å². The Morgan fingerprint density at radius 1 is 1.14 bits per heavy atom. The number of hydrogen-bond donors (Lipinski definition) is 1. The van der Waals surface area contributed by atoms with E-state index in [1.807, 2.05) is 32.0 Å². The average molecular weight is 286 g/mol. The third-order valence-electron chi connectivity index (χ3n) is 3.35. The first-order chi connectivity index (χ1) is 10.0. The smallest absolute Gasteiger partial charge is 0.337 e. The van der Waals surface area contributed by atoms with Crippen LogP contribution in [0.4, 0.5) is 0 Å². The Kier molecular flexibility index (Phi) is 4.73. The number of rotatable bonds is 4. The summed E-state index contributed by atoms with van der Waals surface area (Å²) in [6.45, 7) is 4.05. The zero-order chi connectivity index (χ0) is 15.4. The first-order valence-corrected chi connectivity index (χ1v) is 6.61. The van der Waals surface area contributed by atoms with Gasteiger partial charge in [-0.05, 0) is 54.3 Å². The van der Waals surface area contributed by atoms with Crippen molar-refractivity contribution >= 4 is 5.97 Å². The molecular formula is C17H18O4. The van der Waals surface area contributed by atoms with E-state index in [-0.39, 0.29) is 6.61 Å². The molecule has 2 aromatic rings. The summed E-state index contributed by atoms with van der Waals surface area (Å²) in [7, 11) is 1.34. The fourth-order valence-corrected chi connectivity index (χ4v) is 2.29. The Labute approximate surface area is 123 Å². The molecule has 0 fully saturated rings. The van der Waals surface area contributed by atoms with Crippen molar-refractivity contribution in [3.05, 3.63) is 58.7 Å². The van der Waals surface area contributed by atoms with E-state index in [0.29, 0.717) is 11.1 Å². The predicted molar refractivity (Wildman–Crippen MR) is 80.1 cm³/mol. The van der Waals surface area contributed by atoms with Gasteiger partial charge in [-0.15, -0.1) is 0 Å². The summed E-state index contributed by atoms with van der Waals surface area (Å²) in [6, 6.07) is 11.5. The van der Waals surface area contributed by atoms with Gasteiger partial charge in [-0.25, -0.2) is 9.68 Å². The van der Waals surface area contributed by atoms with Crippen molar-refractivity contribution in [2.75, 3.05) is 7.11 Å². The van der Waals surface area contributed by atoms with Crippen LogP contribution in [-0.2, 0) is 16.2 Å². The van der Waals surface area contributed by atoms with Gasteiger partial charge in [0, 0.05) is 0 Å². The molecule has 0 atom stereocenters. The summed E-state index contributed by atoms with van der Waals surface area (Å²) in [5.74, 6) is -0.415. The SMILES string of the molecule is COC(=O)c1cc(COO)cc(-c2cc(C)ccc2C)c1. The first kappa shape index (κ1) is 15.2. The van der Waals surface area contributed by atoms with Crippen molar-refractivity contribution in [2.45, 2.75) is 20.5 Å². The van der Waals surface area contributed by atoms with E-state index in [0.717, 1.165) is 22.3 Å². The lowest BCUT2D eigenvalue weighted by Gasteiger charge is -2.11. The molecule has 0 aliphatic heterocycles. The second-order valence-corrected chi connectivity index (χ2v) is 5.00. The molecule has 21 heavy (non-hydrogen) atoms. The molecule has 0 saturated heterocycles. The van der Waals surface area contributed by atoms with Gasteiger partial charge in [-0.2, -0.15) is 0 Å². The summed E-state index contributed by atoms with van der Waals surface area (Å²) in [5, 5.41) is 8.65. The molecule has 0 aromatic heterocycles. The van der Waals surface area contributed by atoms with Gasteiger partial charge in [0.25, 0.3) is 0 Å². The molecule has 2 aromatic carbocycles. The highest BCUT2D eigenvalue weighted by atomic mass is 17.1. The summed E-state index contributed by atoms with van der Waals surface area (Å²) >= 11 is 0. The molecule has 0 spiro atoms. The second-order valence-electron chi connectivity index (χ2n) is 5.00. The van der Waals surface area contributed by atoms with E-state index >= 15 is 0 Å². The minimum atomic E-state index is -0.415. The van der Waals surface area contributed by atoms with Gasteiger partial charge in [0.2, 0.25) is 0 Å². The maximum absolute atomic E-state index is 11.8. The topological polar surface area (TPSA) is 55.8 Å². The fourth-order valence-electron chi connectivity index (χ4n) is 2.29. The first-order valence-electron chi connectivity index (χ1n) is 6.61. The third-order valence-corrected chi connectivity index (χ3v) is 3.35. The van der Waals surface area contributed by atoms with E-state index in [1.54, 1.807) is 12.1 Å². The number of methoxy groups -OCH3 is 1. The molecule has 4 heteroatoms. The van der Waals surface area contributed by atoms with Crippen LogP contribution >= 0.6 is 0 Å². The minimum absolute atomic E-state index is 0.0166. The van der Waals surface area contributed by atoms with Crippen LogP contribution in [0.15, 0.2) is 36.4 Å². The Balaban J connectivity index is 2.58. The maximum Gasteiger partial charge on any atom is 0.337 e. The van der Waals surface area contributed by atoms with Gasteiger partial charge in [-0.3, -0.25) is 5.26 Å². The molecule has 0 unspecified atom stereocenters. The molecule has 0 amide bonds. The quantitative estimate of drug-likeness (QED) is 0.528. The Bertz CT molecular complexity index is 662. The zero-order valence-corrected chi connectivity index (χ0v) is 12.3. The molecule has 0 saturated carbocycles. The van der Waals surface area contributed by atoms with Crippen LogP contribution in [0.2, 0.25) is 0 Å². The maximum atomic E-state index is 11.8. The summed E-state index contributed by atoms with van der Waals surface area (Å²) < 4.78 is 4.77. The summed E-state index contributed by atoms with van der Waals surface area (Å²) in [4.78, 5) is 16.0. The van der Waals surface area contributed by atoms with Gasteiger partial charge < -0.3 is 4.74 Å². The minimum Gasteiger partial charge on any atom is -0.465 e. The zero-order valence-electron chi connectivity index (χ0n) is 12.3. The van der Waals surface area contributed by atoms with Crippen molar-refractivity contribution in [1.29, 1.82) is 0 Å². The van der Waals surface area contributed by atoms with Gasteiger partial charge in [-0.1, -0.05) is 23.8 Å². The Morgan fingerprint density at radius 2 is 1.90 bits per heavy atom. The molecule has 4 nitrogen and oxygen atoms in total. The molecule has 0 radical (unpaired) electrons. The number of aryl methyl sites for hydroxylation is 2. The number of ether oxygens (including phenoxy) is 1. The van der Waals surface area contributed by atoms with E-state index in [4.69, 9.17) is 9.99 Å². The van der Waals surface area contributed by atoms with Gasteiger partial charge in [0.15, 0.2) is 0 Å². The largest absolute Gasteiger partial charge is 0.465 e. The molecule has 0 aliphatic carbocycles. The van der Waals surface area contributed by atoms with E-state index in [9.17, 15) is 4.79 Å². The number of benzene rings is 2. The van der Waals surface area contributed by atoms with Crippen LogP contribution in [0.3, 0.4) is 0 Å². The van der Waals surface area contributed by atoms with Crippen LogP contribution in [0.1, 0.15) is 27.0 Å². The highest BCUT2D eigenvalue weighted by Gasteiger charge is 2.11. The van der Waals surface area contributed by atoms with Crippen molar-refractivity contribution in [3.8, 4) is 11.1 Å². The summed E-state index contributed by atoms with van der Waals surface area (Å²) in [6.07, 6.45) is 0. The van der Waals surface area contributed by atoms with Gasteiger partial charge in [0.1, 0.15) is 6.61 Å². The molecule has 1 N–H and O–H groups in total. The molecule has 0 heterocycles. The van der Waals surface area contributed by atoms with Crippen molar-refractivity contribution in [1.82, 2.24) is 0 Å². The number of esters is 1.